The molecule has 1 amide bonds. The SMILES string of the molecule is CCCNC(=O)C1CCCN(c2nnc(CC)c(CC)n2)C1. The van der Waals surface area contributed by atoms with E-state index in [0.29, 0.717) is 12.5 Å². The third kappa shape index (κ3) is 3.93. The molecule has 122 valence electrons. The van der Waals surface area contributed by atoms with Gasteiger partial charge in [0.2, 0.25) is 11.9 Å². The van der Waals surface area contributed by atoms with Crippen molar-refractivity contribution in [2.75, 3.05) is 24.5 Å². The Bertz CT molecular complexity index is 505. The molecule has 0 aliphatic carbocycles. The van der Waals surface area contributed by atoms with Crippen LogP contribution in [-0.4, -0.2) is 40.7 Å². The lowest BCUT2D eigenvalue weighted by molar-refractivity contribution is -0.125. The highest BCUT2D eigenvalue weighted by atomic mass is 16.1. The number of aromatic nitrogens is 3. The van der Waals surface area contributed by atoms with Crippen LogP contribution in [0.4, 0.5) is 5.95 Å². The Labute approximate surface area is 132 Å². The molecular formula is C16H27N5O. The fourth-order valence-corrected chi connectivity index (χ4v) is 2.83. The van der Waals surface area contributed by atoms with Crippen molar-refractivity contribution in [3.05, 3.63) is 11.4 Å². The minimum atomic E-state index is 0.0276. The fraction of sp³-hybridized carbons (Fsp3) is 0.750. The summed E-state index contributed by atoms with van der Waals surface area (Å²) < 4.78 is 0. The second-order valence-corrected chi connectivity index (χ2v) is 5.79. The van der Waals surface area contributed by atoms with Crippen LogP contribution in [0.5, 0.6) is 0 Å². The van der Waals surface area contributed by atoms with Crippen molar-refractivity contribution >= 4 is 11.9 Å². The molecule has 0 aromatic carbocycles. The molecule has 22 heavy (non-hydrogen) atoms. The van der Waals surface area contributed by atoms with E-state index in [2.05, 4.69) is 46.2 Å². The van der Waals surface area contributed by atoms with Crippen molar-refractivity contribution in [2.24, 2.45) is 5.92 Å². The van der Waals surface area contributed by atoms with Gasteiger partial charge in [-0.05, 0) is 32.1 Å². The molecule has 0 spiro atoms. The van der Waals surface area contributed by atoms with Crippen molar-refractivity contribution in [2.45, 2.75) is 52.9 Å². The summed E-state index contributed by atoms with van der Waals surface area (Å²) in [6.45, 7) is 8.55. The number of hydrogen-bond acceptors (Lipinski definition) is 5. The average molecular weight is 305 g/mol. The molecule has 0 bridgehead atoms. The monoisotopic (exact) mass is 305 g/mol. The summed E-state index contributed by atoms with van der Waals surface area (Å²) in [5.74, 6) is 0.849. The molecule has 2 heterocycles. The summed E-state index contributed by atoms with van der Waals surface area (Å²) in [5.41, 5.74) is 1.99. The Kier molecular flexibility index (Phi) is 6.10. The van der Waals surface area contributed by atoms with E-state index in [1.165, 1.54) is 0 Å². The highest BCUT2D eigenvalue weighted by Gasteiger charge is 2.27. The number of aryl methyl sites for hydroxylation is 2. The normalized spacial score (nSPS) is 18.3. The Morgan fingerprint density at radius 1 is 1.23 bits per heavy atom. The molecule has 1 aliphatic heterocycles. The van der Waals surface area contributed by atoms with Crippen LogP contribution in [0, 0.1) is 5.92 Å². The second kappa shape index (κ2) is 8.06. The van der Waals surface area contributed by atoms with Gasteiger partial charge in [-0.25, -0.2) is 4.98 Å². The maximum atomic E-state index is 12.2. The van der Waals surface area contributed by atoms with Crippen LogP contribution < -0.4 is 10.2 Å². The van der Waals surface area contributed by atoms with Gasteiger partial charge in [-0.15, -0.1) is 5.10 Å². The third-order valence-electron chi connectivity index (χ3n) is 4.12. The fourth-order valence-electron chi connectivity index (χ4n) is 2.83. The molecule has 1 aromatic heterocycles. The van der Waals surface area contributed by atoms with E-state index < -0.39 is 0 Å². The maximum Gasteiger partial charge on any atom is 0.245 e. The van der Waals surface area contributed by atoms with Gasteiger partial charge >= 0.3 is 0 Å². The van der Waals surface area contributed by atoms with Gasteiger partial charge in [0.1, 0.15) is 0 Å². The lowest BCUT2D eigenvalue weighted by atomic mass is 9.97. The van der Waals surface area contributed by atoms with Crippen molar-refractivity contribution in [1.29, 1.82) is 0 Å². The summed E-state index contributed by atoms with van der Waals surface area (Å²) in [5, 5.41) is 11.6. The van der Waals surface area contributed by atoms with Crippen molar-refractivity contribution in [1.82, 2.24) is 20.5 Å². The van der Waals surface area contributed by atoms with Gasteiger partial charge in [0.15, 0.2) is 0 Å². The summed E-state index contributed by atoms with van der Waals surface area (Å²) in [6, 6.07) is 0. The molecule has 1 atom stereocenters. The van der Waals surface area contributed by atoms with Crippen molar-refractivity contribution in [3.8, 4) is 0 Å². The lowest BCUT2D eigenvalue weighted by Gasteiger charge is -2.32. The van der Waals surface area contributed by atoms with E-state index in [0.717, 1.165) is 56.6 Å². The number of hydrogen-bond donors (Lipinski definition) is 1. The molecule has 1 aromatic rings. The van der Waals surface area contributed by atoms with Crippen LogP contribution in [0.3, 0.4) is 0 Å². The number of carbonyl (C=O) groups excluding carboxylic acids is 1. The van der Waals surface area contributed by atoms with Crippen LogP contribution in [-0.2, 0) is 17.6 Å². The Morgan fingerprint density at radius 3 is 2.68 bits per heavy atom. The van der Waals surface area contributed by atoms with E-state index in [4.69, 9.17) is 0 Å². The number of rotatable bonds is 6. The van der Waals surface area contributed by atoms with Crippen molar-refractivity contribution < 1.29 is 4.79 Å². The molecule has 2 rings (SSSR count). The number of nitrogens with one attached hydrogen (secondary N) is 1. The van der Waals surface area contributed by atoms with E-state index in [1.54, 1.807) is 0 Å². The van der Waals surface area contributed by atoms with Gasteiger partial charge in [-0.2, -0.15) is 5.10 Å². The zero-order valence-corrected chi connectivity index (χ0v) is 13.9. The van der Waals surface area contributed by atoms with Crippen molar-refractivity contribution in [3.63, 3.8) is 0 Å². The average Bonchev–Trinajstić information content (AvgIpc) is 2.59. The summed E-state index contributed by atoms with van der Waals surface area (Å²) in [4.78, 5) is 18.9. The third-order valence-corrected chi connectivity index (χ3v) is 4.12. The number of nitrogens with zero attached hydrogens (tertiary/aromatic N) is 4. The number of carbonyl (C=O) groups is 1. The number of anilines is 1. The molecule has 1 aliphatic rings. The van der Waals surface area contributed by atoms with Gasteiger partial charge in [-0.3, -0.25) is 4.79 Å². The van der Waals surface area contributed by atoms with E-state index >= 15 is 0 Å². The van der Waals surface area contributed by atoms with Crippen LogP contribution in [0.25, 0.3) is 0 Å². The zero-order chi connectivity index (χ0) is 15.9. The first-order valence-corrected chi connectivity index (χ1v) is 8.44. The molecule has 1 unspecified atom stereocenters. The molecule has 6 heteroatoms. The largest absolute Gasteiger partial charge is 0.356 e. The molecule has 1 N–H and O–H groups in total. The maximum absolute atomic E-state index is 12.2. The Balaban J connectivity index is 2.07. The first kappa shape index (κ1) is 16.6. The van der Waals surface area contributed by atoms with E-state index in [-0.39, 0.29) is 11.8 Å². The van der Waals surface area contributed by atoms with Gasteiger partial charge in [0, 0.05) is 19.6 Å². The minimum absolute atomic E-state index is 0.0276. The van der Waals surface area contributed by atoms with Crippen LogP contribution in [0.15, 0.2) is 0 Å². The molecular weight excluding hydrogens is 278 g/mol. The van der Waals surface area contributed by atoms with Crippen LogP contribution in [0.1, 0.15) is 51.4 Å². The van der Waals surface area contributed by atoms with Gasteiger partial charge < -0.3 is 10.2 Å². The standard InChI is InChI=1S/C16H27N5O/c1-4-9-17-15(22)12-8-7-10-21(11-12)16-18-13(5-2)14(6-3)19-20-16/h12H,4-11H2,1-3H3,(H,17,22). The van der Waals surface area contributed by atoms with Gasteiger partial charge in [0.25, 0.3) is 0 Å². The quantitative estimate of drug-likeness (QED) is 0.867. The molecule has 1 fully saturated rings. The first-order valence-electron chi connectivity index (χ1n) is 8.44. The van der Waals surface area contributed by atoms with Crippen LogP contribution in [0.2, 0.25) is 0 Å². The highest BCUT2D eigenvalue weighted by molar-refractivity contribution is 5.79. The number of piperidine rings is 1. The van der Waals surface area contributed by atoms with Gasteiger partial charge in [0.05, 0.1) is 17.3 Å². The predicted octanol–water partition coefficient (Wildman–Crippen LogP) is 1.74. The Hall–Kier alpha value is -1.72. The van der Waals surface area contributed by atoms with E-state index in [9.17, 15) is 4.79 Å². The first-order chi connectivity index (χ1) is 10.7. The van der Waals surface area contributed by atoms with E-state index in [1.807, 2.05) is 0 Å². The Morgan fingerprint density at radius 2 is 2.00 bits per heavy atom. The predicted molar refractivity (Wildman–Crippen MR) is 86.8 cm³/mol. The molecule has 1 saturated heterocycles. The lowest BCUT2D eigenvalue weighted by Crippen LogP contribution is -2.44. The summed E-state index contributed by atoms with van der Waals surface area (Å²) in [7, 11) is 0. The topological polar surface area (TPSA) is 71.0 Å². The summed E-state index contributed by atoms with van der Waals surface area (Å²) >= 11 is 0. The second-order valence-electron chi connectivity index (χ2n) is 5.79. The van der Waals surface area contributed by atoms with Crippen LogP contribution >= 0.6 is 0 Å². The van der Waals surface area contributed by atoms with Gasteiger partial charge in [-0.1, -0.05) is 20.8 Å². The summed E-state index contributed by atoms with van der Waals surface area (Å²) in [6.07, 6.45) is 4.61. The highest BCUT2D eigenvalue weighted by Crippen LogP contribution is 2.21. The number of amides is 1. The molecule has 6 nitrogen and oxygen atoms in total. The smallest absolute Gasteiger partial charge is 0.245 e. The minimum Gasteiger partial charge on any atom is -0.356 e. The molecule has 0 saturated carbocycles. The zero-order valence-electron chi connectivity index (χ0n) is 13.9. The molecule has 0 radical (unpaired) electrons.